The van der Waals surface area contributed by atoms with Crippen LogP contribution in [-0.2, 0) is 20.9 Å². The quantitative estimate of drug-likeness (QED) is 0.548. The summed E-state index contributed by atoms with van der Waals surface area (Å²) >= 11 is 0. The molecule has 0 radical (unpaired) electrons. The third-order valence-electron chi connectivity index (χ3n) is 8.56. The van der Waals surface area contributed by atoms with Crippen molar-refractivity contribution in [3.8, 4) is 5.75 Å². The van der Waals surface area contributed by atoms with Crippen molar-refractivity contribution in [2.24, 2.45) is 23.2 Å². The van der Waals surface area contributed by atoms with Crippen molar-refractivity contribution >= 4 is 23.4 Å². The van der Waals surface area contributed by atoms with Gasteiger partial charge >= 0.3 is 0 Å². The Labute approximate surface area is 205 Å². The SMILES string of the molecule is CCOc1ccc(N2C(=O)CC(N(Cc3ccco3)C(=O)C34CC5CC(CC(C5)C3)C4)C2=O)cc1. The second kappa shape index (κ2) is 8.54. The molecule has 1 aromatic carbocycles. The number of hydrogen-bond donors (Lipinski definition) is 0. The van der Waals surface area contributed by atoms with E-state index in [1.807, 2.05) is 13.0 Å². The van der Waals surface area contributed by atoms with Crippen molar-refractivity contribution < 1.29 is 23.5 Å². The van der Waals surface area contributed by atoms with Crippen LogP contribution < -0.4 is 9.64 Å². The van der Waals surface area contributed by atoms with Gasteiger partial charge in [-0.25, -0.2) is 4.90 Å². The zero-order valence-corrected chi connectivity index (χ0v) is 20.2. The summed E-state index contributed by atoms with van der Waals surface area (Å²) in [4.78, 5) is 44.0. The normalized spacial score (nSPS) is 31.3. The molecule has 4 saturated carbocycles. The Kier molecular flexibility index (Phi) is 5.46. The number of rotatable bonds is 7. The summed E-state index contributed by atoms with van der Waals surface area (Å²) in [6.07, 6.45) is 7.99. The van der Waals surface area contributed by atoms with Gasteiger partial charge in [-0.15, -0.1) is 0 Å². The minimum Gasteiger partial charge on any atom is -0.494 e. The van der Waals surface area contributed by atoms with Gasteiger partial charge in [0.05, 0.1) is 36.9 Å². The van der Waals surface area contributed by atoms with E-state index in [0.29, 0.717) is 41.6 Å². The smallest absolute Gasteiger partial charge is 0.257 e. The highest BCUT2D eigenvalue weighted by Gasteiger charge is 2.57. The molecule has 1 atom stereocenters. The number of benzene rings is 1. The number of imide groups is 1. The Morgan fingerprint density at radius 1 is 1.06 bits per heavy atom. The first-order valence-electron chi connectivity index (χ1n) is 12.9. The van der Waals surface area contributed by atoms with Gasteiger partial charge in [-0.2, -0.15) is 0 Å². The van der Waals surface area contributed by atoms with Crippen LogP contribution in [0.15, 0.2) is 47.1 Å². The van der Waals surface area contributed by atoms with E-state index in [9.17, 15) is 14.4 Å². The first-order valence-corrected chi connectivity index (χ1v) is 12.9. The van der Waals surface area contributed by atoms with E-state index in [0.717, 1.165) is 19.3 Å². The Bertz CT molecular complexity index is 1090. The molecule has 35 heavy (non-hydrogen) atoms. The monoisotopic (exact) mass is 476 g/mol. The van der Waals surface area contributed by atoms with Crippen LogP contribution in [0.25, 0.3) is 0 Å². The van der Waals surface area contributed by atoms with E-state index in [-0.39, 0.29) is 30.7 Å². The van der Waals surface area contributed by atoms with E-state index < -0.39 is 11.5 Å². The molecule has 2 aromatic rings. The van der Waals surface area contributed by atoms with Gasteiger partial charge in [-0.3, -0.25) is 14.4 Å². The topological polar surface area (TPSA) is 80.1 Å². The molecular formula is C28H32N2O5. The molecule has 4 bridgehead atoms. The third-order valence-corrected chi connectivity index (χ3v) is 8.56. The lowest BCUT2D eigenvalue weighted by molar-refractivity contribution is -0.162. The molecular weight excluding hydrogens is 444 g/mol. The number of carbonyl (C=O) groups is 3. The Morgan fingerprint density at radius 3 is 2.29 bits per heavy atom. The van der Waals surface area contributed by atoms with Gasteiger partial charge in [-0.05, 0) is 99.6 Å². The van der Waals surface area contributed by atoms with Crippen LogP contribution in [0.3, 0.4) is 0 Å². The van der Waals surface area contributed by atoms with Crippen molar-refractivity contribution in [1.29, 1.82) is 0 Å². The van der Waals surface area contributed by atoms with Crippen LogP contribution in [0, 0.1) is 23.2 Å². The van der Waals surface area contributed by atoms with Crippen LogP contribution in [0.1, 0.15) is 57.6 Å². The summed E-state index contributed by atoms with van der Waals surface area (Å²) in [6, 6.07) is 9.76. The lowest BCUT2D eigenvalue weighted by Gasteiger charge is -2.56. The summed E-state index contributed by atoms with van der Waals surface area (Å²) < 4.78 is 11.1. The van der Waals surface area contributed by atoms with Gasteiger partial charge in [0, 0.05) is 0 Å². The highest BCUT2D eigenvalue weighted by atomic mass is 16.5. The second-order valence-electron chi connectivity index (χ2n) is 10.9. The van der Waals surface area contributed by atoms with E-state index in [1.165, 1.54) is 24.2 Å². The molecule has 1 saturated heterocycles. The predicted octanol–water partition coefficient (Wildman–Crippen LogP) is 4.56. The van der Waals surface area contributed by atoms with Crippen molar-refractivity contribution in [1.82, 2.24) is 4.90 Å². The van der Waals surface area contributed by atoms with E-state index >= 15 is 0 Å². The zero-order chi connectivity index (χ0) is 24.2. The highest BCUT2D eigenvalue weighted by molar-refractivity contribution is 6.23. The van der Waals surface area contributed by atoms with Crippen LogP contribution in [0.4, 0.5) is 5.69 Å². The summed E-state index contributed by atoms with van der Waals surface area (Å²) in [6.45, 7) is 2.64. The minimum atomic E-state index is -0.820. The molecule has 4 aliphatic carbocycles. The van der Waals surface area contributed by atoms with Gasteiger partial charge in [0.1, 0.15) is 17.6 Å². The second-order valence-corrected chi connectivity index (χ2v) is 10.9. The first-order chi connectivity index (χ1) is 17.0. The van der Waals surface area contributed by atoms with Crippen LogP contribution in [-0.4, -0.2) is 35.3 Å². The average Bonchev–Trinajstić information content (AvgIpc) is 3.44. The van der Waals surface area contributed by atoms with Crippen molar-refractivity contribution in [3.63, 3.8) is 0 Å². The van der Waals surface area contributed by atoms with E-state index in [2.05, 4.69) is 0 Å². The number of furan rings is 1. The van der Waals surface area contributed by atoms with Gasteiger partial charge in [0.15, 0.2) is 0 Å². The van der Waals surface area contributed by atoms with Crippen LogP contribution in [0.5, 0.6) is 5.75 Å². The molecule has 1 aromatic heterocycles. The molecule has 2 heterocycles. The fourth-order valence-corrected chi connectivity index (χ4v) is 7.56. The number of carbonyl (C=O) groups excluding carboxylic acids is 3. The lowest BCUT2D eigenvalue weighted by atomic mass is 9.49. The largest absolute Gasteiger partial charge is 0.494 e. The van der Waals surface area contributed by atoms with Gasteiger partial charge in [0.2, 0.25) is 11.8 Å². The maximum atomic E-state index is 14.3. The molecule has 0 spiro atoms. The number of amides is 3. The number of ether oxygens (including phenoxy) is 1. The summed E-state index contributed by atoms with van der Waals surface area (Å²) in [5, 5.41) is 0. The maximum absolute atomic E-state index is 14.3. The molecule has 3 amide bonds. The number of anilines is 1. The van der Waals surface area contributed by atoms with Crippen molar-refractivity contribution in [2.45, 2.75) is 64.5 Å². The number of nitrogens with zero attached hydrogens (tertiary/aromatic N) is 2. The van der Waals surface area contributed by atoms with Gasteiger partial charge < -0.3 is 14.1 Å². The highest BCUT2D eigenvalue weighted by Crippen LogP contribution is 2.60. The Balaban J connectivity index is 1.30. The summed E-state index contributed by atoms with van der Waals surface area (Å²) in [5.74, 6) is 2.54. The fraction of sp³-hybridized carbons (Fsp3) is 0.536. The van der Waals surface area contributed by atoms with Gasteiger partial charge in [-0.1, -0.05) is 0 Å². The summed E-state index contributed by atoms with van der Waals surface area (Å²) in [5.41, 5.74) is 0.100. The Morgan fingerprint density at radius 2 is 1.71 bits per heavy atom. The number of hydrogen-bond acceptors (Lipinski definition) is 5. The fourth-order valence-electron chi connectivity index (χ4n) is 7.56. The molecule has 1 aliphatic heterocycles. The average molecular weight is 477 g/mol. The van der Waals surface area contributed by atoms with Gasteiger partial charge in [0.25, 0.3) is 5.91 Å². The third kappa shape index (κ3) is 3.85. The summed E-state index contributed by atoms with van der Waals surface area (Å²) in [7, 11) is 0. The molecule has 0 N–H and O–H groups in total. The van der Waals surface area contributed by atoms with Crippen LogP contribution in [0.2, 0.25) is 0 Å². The molecule has 7 heteroatoms. The molecule has 7 nitrogen and oxygen atoms in total. The minimum absolute atomic E-state index is 0.00907. The molecule has 184 valence electrons. The predicted molar refractivity (Wildman–Crippen MR) is 128 cm³/mol. The van der Waals surface area contributed by atoms with E-state index in [4.69, 9.17) is 9.15 Å². The van der Waals surface area contributed by atoms with Crippen molar-refractivity contribution in [3.05, 3.63) is 48.4 Å². The zero-order valence-electron chi connectivity index (χ0n) is 20.2. The van der Waals surface area contributed by atoms with Crippen LogP contribution >= 0.6 is 0 Å². The molecule has 7 rings (SSSR count). The Hall–Kier alpha value is -3.09. The molecule has 1 unspecified atom stereocenters. The first kappa shape index (κ1) is 22.4. The maximum Gasteiger partial charge on any atom is 0.257 e. The lowest BCUT2D eigenvalue weighted by Crippen LogP contribution is -2.57. The van der Waals surface area contributed by atoms with Crippen molar-refractivity contribution in [2.75, 3.05) is 11.5 Å². The van der Waals surface area contributed by atoms with E-state index in [1.54, 1.807) is 41.5 Å². The molecule has 5 fully saturated rings. The standard InChI is InChI=1S/C28H32N2O5/c1-2-34-22-7-5-21(6-8-22)30-25(31)13-24(26(30)32)29(17-23-4-3-9-35-23)27(33)28-14-18-10-19(15-28)12-20(11-18)16-28/h3-9,18-20,24H,2,10-17H2,1H3. The molecule has 5 aliphatic rings.